The van der Waals surface area contributed by atoms with Crippen molar-refractivity contribution in [2.24, 2.45) is 10.8 Å². The molecule has 2 aromatic rings. The van der Waals surface area contributed by atoms with E-state index in [2.05, 4.69) is 50.0 Å². The van der Waals surface area contributed by atoms with Crippen LogP contribution in [0.1, 0.15) is 45.6 Å². The zero-order chi connectivity index (χ0) is 22.6. The highest BCUT2D eigenvalue weighted by Gasteiger charge is 2.44. The highest BCUT2D eigenvalue weighted by molar-refractivity contribution is 5.85. The molecule has 1 atom stereocenters. The maximum Gasteiger partial charge on any atom is 0.230 e. The Balaban J connectivity index is 1.84. The molecule has 2 heterocycles. The van der Waals surface area contributed by atoms with Crippen LogP contribution in [0.15, 0.2) is 48.8 Å². The van der Waals surface area contributed by atoms with Crippen LogP contribution in [0.5, 0.6) is 0 Å². The van der Waals surface area contributed by atoms with Crippen LogP contribution < -0.4 is 0 Å². The molecule has 5 nitrogen and oxygen atoms in total. The predicted molar refractivity (Wildman–Crippen MR) is 124 cm³/mol. The van der Waals surface area contributed by atoms with E-state index in [4.69, 9.17) is 0 Å². The standard InChI is InChI=1S/C26H35N3O2/c1-25(2,3)18-23(30)29-16-6-13-26(19-29,24(31)28(4)5)17-20-7-9-21(10-8-20)22-11-14-27-15-12-22/h7-12,14-15H,6,13,16-19H2,1-5H3. The first-order valence-corrected chi connectivity index (χ1v) is 11.1. The van der Waals surface area contributed by atoms with Gasteiger partial charge in [0, 0.05) is 46.0 Å². The summed E-state index contributed by atoms with van der Waals surface area (Å²) >= 11 is 0. The lowest BCUT2D eigenvalue weighted by atomic mass is 9.73. The molecule has 0 radical (unpaired) electrons. The summed E-state index contributed by atoms with van der Waals surface area (Å²) < 4.78 is 0. The Morgan fingerprint density at radius 3 is 2.23 bits per heavy atom. The predicted octanol–water partition coefficient (Wildman–Crippen LogP) is 4.42. The van der Waals surface area contributed by atoms with Gasteiger partial charge in [-0.05, 0) is 53.5 Å². The van der Waals surface area contributed by atoms with Crippen LogP contribution in [-0.2, 0) is 16.0 Å². The zero-order valence-electron chi connectivity index (χ0n) is 19.5. The van der Waals surface area contributed by atoms with Crippen molar-refractivity contribution in [3.05, 3.63) is 54.4 Å². The molecule has 3 rings (SSSR count). The van der Waals surface area contributed by atoms with E-state index >= 15 is 0 Å². The smallest absolute Gasteiger partial charge is 0.230 e. The number of carbonyl (C=O) groups is 2. The van der Waals surface area contributed by atoms with Gasteiger partial charge < -0.3 is 9.80 Å². The average Bonchev–Trinajstić information content (AvgIpc) is 2.73. The number of aromatic nitrogens is 1. The summed E-state index contributed by atoms with van der Waals surface area (Å²) in [7, 11) is 3.62. The number of carbonyl (C=O) groups excluding carboxylic acids is 2. The van der Waals surface area contributed by atoms with Gasteiger partial charge >= 0.3 is 0 Å². The molecule has 1 aliphatic rings. The molecule has 1 saturated heterocycles. The van der Waals surface area contributed by atoms with E-state index < -0.39 is 5.41 Å². The number of hydrogen-bond acceptors (Lipinski definition) is 3. The molecule has 1 aromatic carbocycles. The van der Waals surface area contributed by atoms with Crippen molar-refractivity contribution in [2.45, 2.75) is 46.5 Å². The lowest BCUT2D eigenvalue weighted by Gasteiger charge is -2.43. The minimum absolute atomic E-state index is 0.0640. The fourth-order valence-corrected chi connectivity index (χ4v) is 4.53. The van der Waals surface area contributed by atoms with E-state index in [1.807, 2.05) is 31.1 Å². The van der Waals surface area contributed by atoms with Crippen molar-refractivity contribution in [3.63, 3.8) is 0 Å². The van der Waals surface area contributed by atoms with Gasteiger partial charge in [-0.15, -0.1) is 0 Å². The molecule has 1 fully saturated rings. The SMILES string of the molecule is CN(C)C(=O)C1(Cc2ccc(-c3ccncc3)cc2)CCCN(C(=O)CC(C)(C)C)C1. The lowest BCUT2D eigenvalue weighted by Crippen LogP contribution is -2.54. The molecule has 0 bridgehead atoms. The van der Waals surface area contributed by atoms with E-state index in [1.54, 1.807) is 17.3 Å². The highest BCUT2D eigenvalue weighted by Crippen LogP contribution is 2.37. The molecule has 31 heavy (non-hydrogen) atoms. The number of piperidine rings is 1. The van der Waals surface area contributed by atoms with Gasteiger partial charge in [0.1, 0.15) is 0 Å². The van der Waals surface area contributed by atoms with Crippen molar-refractivity contribution in [1.29, 1.82) is 0 Å². The molecule has 0 aliphatic carbocycles. The van der Waals surface area contributed by atoms with E-state index in [0.29, 0.717) is 19.4 Å². The van der Waals surface area contributed by atoms with Crippen molar-refractivity contribution in [1.82, 2.24) is 14.8 Å². The van der Waals surface area contributed by atoms with Crippen LogP contribution in [-0.4, -0.2) is 53.8 Å². The van der Waals surface area contributed by atoms with Crippen molar-refractivity contribution < 1.29 is 9.59 Å². The fraction of sp³-hybridized carbons (Fsp3) is 0.500. The van der Waals surface area contributed by atoms with Gasteiger partial charge in [-0.25, -0.2) is 0 Å². The second-order valence-corrected chi connectivity index (χ2v) is 10.2. The Kier molecular flexibility index (Phi) is 6.83. The third kappa shape index (κ3) is 5.72. The van der Waals surface area contributed by atoms with Crippen molar-refractivity contribution in [3.8, 4) is 11.1 Å². The van der Waals surface area contributed by atoms with Gasteiger partial charge in [0.05, 0.1) is 5.41 Å². The second-order valence-electron chi connectivity index (χ2n) is 10.2. The Morgan fingerprint density at radius 1 is 1.03 bits per heavy atom. The number of likely N-dealkylation sites (tertiary alicyclic amines) is 1. The summed E-state index contributed by atoms with van der Waals surface area (Å²) in [5.41, 5.74) is 2.74. The summed E-state index contributed by atoms with van der Waals surface area (Å²) in [6.45, 7) is 7.47. The molecule has 2 amide bonds. The fourth-order valence-electron chi connectivity index (χ4n) is 4.53. The Hall–Kier alpha value is -2.69. The summed E-state index contributed by atoms with van der Waals surface area (Å²) in [5.74, 6) is 0.259. The Labute approximate surface area is 186 Å². The molecule has 166 valence electrons. The first-order chi connectivity index (χ1) is 14.6. The normalized spacial score (nSPS) is 19.2. The van der Waals surface area contributed by atoms with Crippen LogP contribution >= 0.6 is 0 Å². The van der Waals surface area contributed by atoms with Crippen LogP contribution in [0.3, 0.4) is 0 Å². The highest BCUT2D eigenvalue weighted by atomic mass is 16.2. The third-order valence-electron chi connectivity index (χ3n) is 5.98. The number of hydrogen-bond donors (Lipinski definition) is 0. The summed E-state index contributed by atoms with van der Waals surface area (Å²) in [4.78, 5) is 34.0. The lowest BCUT2D eigenvalue weighted by molar-refractivity contribution is -0.147. The van der Waals surface area contributed by atoms with Crippen LogP contribution in [0.4, 0.5) is 0 Å². The molecule has 1 aliphatic heterocycles. The van der Waals surface area contributed by atoms with Gasteiger partial charge in [0.25, 0.3) is 0 Å². The summed E-state index contributed by atoms with van der Waals surface area (Å²) in [5, 5.41) is 0. The molecular weight excluding hydrogens is 386 g/mol. The molecule has 0 spiro atoms. The first-order valence-electron chi connectivity index (χ1n) is 11.1. The van der Waals surface area contributed by atoms with Gasteiger partial charge in [0.15, 0.2) is 0 Å². The summed E-state index contributed by atoms with van der Waals surface area (Å²) in [6.07, 6.45) is 6.37. The molecular formula is C26H35N3O2. The van der Waals surface area contributed by atoms with E-state index in [0.717, 1.165) is 36.1 Å². The van der Waals surface area contributed by atoms with Crippen molar-refractivity contribution >= 4 is 11.8 Å². The minimum Gasteiger partial charge on any atom is -0.348 e. The zero-order valence-corrected chi connectivity index (χ0v) is 19.5. The Morgan fingerprint density at radius 2 is 1.65 bits per heavy atom. The van der Waals surface area contributed by atoms with E-state index in [-0.39, 0.29) is 17.2 Å². The van der Waals surface area contributed by atoms with E-state index in [9.17, 15) is 9.59 Å². The third-order valence-corrected chi connectivity index (χ3v) is 5.98. The van der Waals surface area contributed by atoms with Crippen LogP contribution in [0.25, 0.3) is 11.1 Å². The molecule has 0 saturated carbocycles. The maximum atomic E-state index is 13.3. The molecule has 1 aromatic heterocycles. The number of nitrogens with zero attached hydrogens (tertiary/aromatic N) is 3. The number of amides is 2. The minimum atomic E-state index is -0.576. The van der Waals surface area contributed by atoms with Gasteiger partial charge in [-0.3, -0.25) is 14.6 Å². The molecule has 1 unspecified atom stereocenters. The number of pyridine rings is 1. The monoisotopic (exact) mass is 421 g/mol. The first kappa shape index (κ1) is 23.0. The summed E-state index contributed by atoms with van der Waals surface area (Å²) in [6, 6.07) is 12.4. The second kappa shape index (κ2) is 9.21. The van der Waals surface area contributed by atoms with Crippen LogP contribution in [0.2, 0.25) is 0 Å². The van der Waals surface area contributed by atoms with Gasteiger partial charge in [-0.1, -0.05) is 45.0 Å². The van der Waals surface area contributed by atoms with Crippen LogP contribution in [0, 0.1) is 10.8 Å². The average molecular weight is 422 g/mol. The maximum absolute atomic E-state index is 13.3. The Bertz CT molecular complexity index is 900. The number of rotatable bonds is 5. The molecule has 5 heteroatoms. The topological polar surface area (TPSA) is 53.5 Å². The van der Waals surface area contributed by atoms with E-state index in [1.165, 1.54) is 0 Å². The number of benzene rings is 1. The largest absolute Gasteiger partial charge is 0.348 e. The van der Waals surface area contributed by atoms with Gasteiger partial charge in [0.2, 0.25) is 11.8 Å². The quantitative estimate of drug-likeness (QED) is 0.718. The van der Waals surface area contributed by atoms with Crippen molar-refractivity contribution in [2.75, 3.05) is 27.2 Å². The van der Waals surface area contributed by atoms with Gasteiger partial charge in [-0.2, -0.15) is 0 Å². The molecule has 0 N–H and O–H groups in total.